The molecule has 0 unspecified atom stereocenters. The Morgan fingerprint density at radius 3 is 2.50 bits per heavy atom. The molecular weight excluding hydrogens is 429 g/mol. The van der Waals surface area contributed by atoms with E-state index in [9.17, 15) is 8.42 Å². The molecule has 0 aromatic heterocycles. The molecule has 1 heterocycles. The maximum absolute atomic E-state index is 13.4. The summed E-state index contributed by atoms with van der Waals surface area (Å²) in [5.74, 6) is 0. The first-order valence-corrected chi connectivity index (χ1v) is 20.2. The van der Waals surface area contributed by atoms with Crippen molar-refractivity contribution in [3.8, 4) is 0 Å². The fraction of sp³-hybridized carbons (Fsp3) is 0.667. The topological polar surface area (TPSA) is 46.6 Å². The second-order valence-corrected chi connectivity index (χ2v) is 24.5. The summed E-state index contributed by atoms with van der Waals surface area (Å²) >= 11 is -2.54. The van der Waals surface area contributed by atoms with Gasteiger partial charge in [0.1, 0.15) is 0 Å². The van der Waals surface area contributed by atoms with Crippen molar-refractivity contribution in [1.82, 2.24) is 4.31 Å². The first-order chi connectivity index (χ1) is 11.0. The molecule has 136 valence electrons. The monoisotopic (exact) mass is 461 g/mol. The van der Waals surface area contributed by atoms with E-state index in [1.165, 1.54) is 0 Å². The van der Waals surface area contributed by atoms with Crippen LogP contribution < -0.4 is 3.58 Å². The molecule has 0 saturated carbocycles. The van der Waals surface area contributed by atoms with Gasteiger partial charge in [0.25, 0.3) is 0 Å². The van der Waals surface area contributed by atoms with Crippen LogP contribution in [0.25, 0.3) is 0 Å². The van der Waals surface area contributed by atoms with E-state index in [4.69, 9.17) is 4.74 Å². The third kappa shape index (κ3) is 4.34. The Bertz CT molecular complexity index is 684. The molecular formula is C18H31NO3SSn. The van der Waals surface area contributed by atoms with Crippen molar-refractivity contribution >= 4 is 32.0 Å². The minimum atomic E-state index is -3.49. The summed E-state index contributed by atoms with van der Waals surface area (Å²) in [6.45, 7) is 6.96. The quantitative estimate of drug-likeness (QED) is 0.635. The molecule has 1 aromatic carbocycles. The molecule has 0 amide bonds. The van der Waals surface area contributed by atoms with E-state index < -0.39 is 34.0 Å². The van der Waals surface area contributed by atoms with Crippen LogP contribution in [0.2, 0.25) is 14.8 Å². The zero-order chi connectivity index (χ0) is 18.2. The molecule has 0 spiro atoms. The van der Waals surface area contributed by atoms with Crippen LogP contribution in [-0.4, -0.2) is 55.9 Å². The number of rotatable bonds is 5. The fourth-order valence-electron chi connectivity index (χ4n) is 3.58. The van der Waals surface area contributed by atoms with Gasteiger partial charge in [0.2, 0.25) is 0 Å². The van der Waals surface area contributed by atoms with Gasteiger partial charge in [-0.2, -0.15) is 0 Å². The molecule has 1 aromatic rings. The molecule has 1 aliphatic rings. The summed E-state index contributed by atoms with van der Waals surface area (Å²) in [5, 5.41) is 0. The van der Waals surface area contributed by atoms with Crippen molar-refractivity contribution in [2.24, 2.45) is 0 Å². The second kappa shape index (κ2) is 7.25. The number of morpholine rings is 1. The summed E-state index contributed by atoms with van der Waals surface area (Å²) in [4.78, 5) is 7.28. The normalized spacial score (nSPS) is 26.5. The molecule has 0 radical (unpaired) electrons. The van der Waals surface area contributed by atoms with Gasteiger partial charge in [0, 0.05) is 0 Å². The van der Waals surface area contributed by atoms with E-state index >= 15 is 0 Å². The molecule has 2 atom stereocenters. The molecule has 0 N–H and O–H groups in total. The van der Waals surface area contributed by atoms with Crippen molar-refractivity contribution in [2.45, 2.75) is 65.0 Å². The summed E-state index contributed by atoms with van der Waals surface area (Å²) in [5.41, 5.74) is -0.403. The van der Waals surface area contributed by atoms with Crippen LogP contribution in [-0.2, 0) is 14.8 Å². The Balaban J connectivity index is 2.44. The molecule has 1 aliphatic heterocycles. The van der Waals surface area contributed by atoms with Crippen LogP contribution in [0.4, 0.5) is 0 Å². The van der Waals surface area contributed by atoms with Crippen LogP contribution >= 0.6 is 0 Å². The number of benzene rings is 1. The Labute approximate surface area is 151 Å². The zero-order valence-electron chi connectivity index (χ0n) is 15.8. The molecule has 1 saturated heterocycles. The third-order valence-corrected chi connectivity index (χ3v) is 12.8. The number of hydrogen-bond donors (Lipinski definition) is 0. The standard InChI is InChI=1S/C15H22NO3S.3CH3.Sn/c1-4-10-15(3)12-16(11-13(2)19-15)20(17,18)14-8-6-5-7-9-14;;;;/h5-8,13H,4,10-12H2,1-3H3;3*1H3;/t13-,15+;;;;/m1..../s1. The number of ether oxygens (including phenoxy) is 1. The Morgan fingerprint density at radius 2 is 1.92 bits per heavy atom. The van der Waals surface area contributed by atoms with Crippen molar-refractivity contribution in [3.05, 3.63) is 24.3 Å². The van der Waals surface area contributed by atoms with E-state index in [0.29, 0.717) is 18.0 Å². The summed E-state index contributed by atoms with van der Waals surface area (Å²) in [6, 6.07) is 7.59. The van der Waals surface area contributed by atoms with E-state index in [0.717, 1.165) is 16.4 Å². The van der Waals surface area contributed by atoms with Crippen molar-refractivity contribution < 1.29 is 13.2 Å². The average Bonchev–Trinajstić information content (AvgIpc) is 2.45. The molecule has 0 bridgehead atoms. The first-order valence-electron chi connectivity index (χ1n) is 8.77. The van der Waals surface area contributed by atoms with Crippen molar-refractivity contribution in [2.75, 3.05) is 13.1 Å². The van der Waals surface area contributed by atoms with E-state index in [1.54, 1.807) is 10.4 Å². The van der Waals surface area contributed by atoms with Gasteiger partial charge in [0.15, 0.2) is 0 Å². The van der Waals surface area contributed by atoms with Crippen LogP contribution in [0.3, 0.4) is 0 Å². The average molecular weight is 460 g/mol. The zero-order valence-corrected chi connectivity index (χ0v) is 19.5. The molecule has 0 aliphatic carbocycles. The van der Waals surface area contributed by atoms with Gasteiger partial charge in [0.05, 0.1) is 0 Å². The Morgan fingerprint density at radius 1 is 1.29 bits per heavy atom. The van der Waals surface area contributed by atoms with Gasteiger partial charge in [-0.05, 0) is 0 Å². The number of hydrogen-bond acceptors (Lipinski definition) is 3. The van der Waals surface area contributed by atoms with E-state index in [2.05, 4.69) is 21.7 Å². The SMILES string of the molecule is CCC[C@@]1(C)CN(S(=O)(=O)c2cccc[c]2[Sn]([CH3])([CH3])[CH3])C[C@@H](C)O1. The van der Waals surface area contributed by atoms with Gasteiger partial charge < -0.3 is 0 Å². The molecule has 1 fully saturated rings. The van der Waals surface area contributed by atoms with Gasteiger partial charge in [-0.15, -0.1) is 0 Å². The molecule has 6 heteroatoms. The molecule has 4 nitrogen and oxygen atoms in total. The van der Waals surface area contributed by atoms with Gasteiger partial charge in [-0.3, -0.25) is 0 Å². The van der Waals surface area contributed by atoms with Crippen LogP contribution in [0.1, 0.15) is 33.6 Å². The fourth-order valence-corrected chi connectivity index (χ4v) is 12.5. The van der Waals surface area contributed by atoms with Crippen LogP contribution in [0.5, 0.6) is 0 Å². The number of sulfonamides is 1. The number of nitrogens with zero attached hydrogens (tertiary/aromatic N) is 1. The minimum absolute atomic E-state index is 0.0876. The first kappa shape index (κ1) is 20.2. The third-order valence-electron chi connectivity index (χ3n) is 4.55. The predicted molar refractivity (Wildman–Crippen MR) is 102 cm³/mol. The van der Waals surface area contributed by atoms with E-state index in [1.807, 2.05) is 32.0 Å². The predicted octanol–water partition coefficient (Wildman–Crippen LogP) is 3.20. The molecule has 24 heavy (non-hydrogen) atoms. The maximum atomic E-state index is 13.4. The Hall–Kier alpha value is -0.111. The van der Waals surface area contributed by atoms with E-state index in [-0.39, 0.29) is 6.10 Å². The van der Waals surface area contributed by atoms with Gasteiger partial charge in [-0.1, -0.05) is 0 Å². The van der Waals surface area contributed by atoms with Crippen LogP contribution in [0.15, 0.2) is 29.2 Å². The van der Waals surface area contributed by atoms with Crippen molar-refractivity contribution in [1.29, 1.82) is 0 Å². The second-order valence-electron chi connectivity index (χ2n) is 8.17. The van der Waals surface area contributed by atoms with Gasteiger partial charge in [-0.25, -0.2) is 0 Å². The van der Waals surface area contributed by atoms with Crippen molar-refractivity contribution in [3.63, 3.8) is 0 Å². The molecule has 2 rings (SSSR count). The van der Waals surface area contributed by atoms with Crippen LogP contribution in [0, 0.1) is 0 Å². The summed E-state index contributed by atoms with van der Waals surface area (Å²) < 4.78 is 35.6. The Kier molecular flexibility index (Phi) is 6.10. The van der Waals surface area contributed by atoms with Gasteiger partial charge >= 0.3 is 152 Å². The summed E-state index contributed by atoms with van der Waals surface area (Å²) in [6.07, 6.45) is 1.76. The summed E-state index contributed by atoms with van der Waals surface area (Å²) in [7, 11) is -3.49.